The molecule has 0 aromatic rings. The van der Waals surface area contributed by atoms with E-state index in [1.54, 1.807) is 0 Å². The Balaban J connectivity index is 5.81. The van der Waals surface area contributed by atoms with Crippen LogP contribution in [0, 0.1) is 0 Å². The van der Waals surface area contributed by atoms with Crippen LogP contribution in [0.1, 0.15) is 159 Å². The Kier molecular flexibility index (Phi) is 26.8. The minimum absolute atomic E-state index is 0.153. The molecule has 8 heteroatoms. The molecule has 0 fully saturated rings. The summed E-state index contributed by atoms with van der Waals surface area (Å²) in [6.45, 7) is 21.5. The van der Waals surface area contributed by atoms with Crippen molar-refractivity contribution in [2.75, 3.05) is 28.4 Å². The highest BCUT2D eigenvalue weighted by molar-refractivity contribution is 7.74. The van der Waals surface area contributed by atoms with Crippen LogP contribution in [0.5, 0.6) is 0 Å². The molecule has 0 radical (unpaired) electrons. The van der Waals surface area contributed by atoms with Gasteiger partial charge in [-0.1, -0.05) is 93.2 Å². The molecule has 6 nitrogen and oxygen atoms in total. The van der Waals surface area contributed by atoms with E-state index >= 15 is 0 Å². The SMILES string of the molecule is COP(=O)(OC)C(C/C=C(\C)CC/C=C(\C)CC/C=C(\C)CCC=C(C)C)(C/C=C(\C)CC/C=C(\C)CC/C=C(\C)CCC=C(C)C)P(=O)(OC)OC. The average molecular weight is 777 g/mol. The Hall–Kier alpha value is -1.78. The summed E-state index contributed by atoms with van der Waals surface area (Å²) in [5.41, 5.74) is 10.6. The third kappa shape index (κ3) is 20.1. The summed E-state index contributed by atoms with van der Waals surface area (Å²) < 4.78 is 51.0. The lowest BCUT2D eigenvalue weighted by molar-refractivity contribution is 0.224. The van der Waals surface area contributed by atoms with Gasteiger partial charge in [0, 0.05) is 28.4 Å². The Morgan fingerprint density at radius 1 is 0.377 bits per heavy atom. The normalized spacial score (nSPS) is 14.5. The van der Waals surface area contributed by atoms with Crippen molar-refractivity contribution in [3.63, 3.8) is 0 Å². The fourth-order valence-corrected chi connectivity index (χ4v) is 11.3. The van der Waals surface area contributed by atoms with Crippen molar-refractivity contribution in [3.05, 3.63) is 93.2 Å². The molecule has 0 N–H and O–H groups in total. The van der Waals surface area contributed by atoms with E-state index in [1.165, 1.54) is 61.9 Å². The van der Waals surface area contributed by atoms with E-state index in [1.807, 2.05) is 12.2 Å². The zero-order chi connectivity index (χ0) is 40.5. The van der Waals surface area contributed by atoms with Crippen LogP contribution in [0.25, 0.3) is 0 Å². The molecule has 0 aliphatic rings. The van der Waals surface area contributed by atoms with E-state index in [2.05, 4.69) is 106 Å². The van der Waals surface area contributed by atoms with Gasteiger partial charge in [0.2, 0.25) is 0 Å². The molecule has 0 aromatic heterocycles. The van der Waals surface area contributed by atoms with E-state index < -0.39 is 20.1 Å². The minimum Gasteiger partial charge on any atom is -0.311 e. The summed E-state index contributed by atoms with van der Waals surface area (Å²) in [5.74, 6) is 0. The van der Waals surface area contributed by atoms with Gasteiger partial charge in [0.15, 0.2) is 4.90 Å². The first-order chi connectivity index (χ1) is 24.9. The Morgan fingerprint density at radius 3 is 0.792 bits per heavy atom. The molecule has 0 unspecified atom stereocenters. The quantitative estimate of drug-likeness (QED) is 0.0582. The van der Waals surface area contributed by atoms with Crippen molar-refractivity contribution < 1.29 is 27.2 Å². The lowest BCUT2D eigenvalue weighted by Gasteiger charge is -2.40. The van der Waals surface area contributed by atoms with E-state index in [0.717, 1.165) is 88.2 Å². The summed E-state index contributed by atoms with van der Waals surface area (Å²) in [7, 11) is -2.62. The van der Waals surface area contributed by atoms with Crippen LogP contribution in [0.4, 0.5) is 0 Å². The van der Waals surface area contributed by atoms with Gasteiger partial charge >= 0.3 is 15.2 Å². The van der Waals surface area contributed by atoms with E-state index in [-0.39, 0.29) is 12.8 Å². The minimum atomic E-state index is -3.98. The highest BCUT2D eigenvalue weighted by Gasteiger charge is 2.63. The topological polar surface area (TPSA) is 71.1 Å². The second-order valence-electron chi connectivity index (χ2n) is 15.2. The molecule has 0 amide bonds. The summed E-state index contributed by atoms with van der Waals surface area (Å²) in [6, 6.07) is 0. The van der Waals surface area contributed by atoms with Gasteiger partial charge in [-0.25, -0.2) is 0 Å². The van der Waals surface area contributed by atoms with Crippen molar-refractivity contribution in [1.29, 1.82) is 0 Å². The zero-order valence-corrected chi connectivity index (χ0v) is 38.2. The van der Waals surface area contributed by atoms with Crippen molar-refractivity contribution in [3.8, 4) is 0 Å². The molecule has 0 aliphatic heterocycles. The number of hydrogen-bond donors (Lipinski definition) is 0. The maximum absolute atomic E-state index is 14.4. The molecule has 0 atom stereocenters. The Labute approximate surface area is 327 Å². The standard InChI is InChI=1S/C45H78O6P2/c1-37(2)21-15-23-39(5)25-17-27-41(7)29-19-31-43(9)33-35-45(52(46,48-11)49-12,53(47,50-13)51-14)36-34-44(10)32-20-30-42(8)28-18-26-40(6)24-16-22-38(3)4/h21-22,25-26,29-30,33-34H,15-20,23-24,27-28,31-32,35-36H2,1-14H3/b39-25+,40-26+,41-29+,42-30+,43-33+,44-34+. The molecule has 0 heterocycles. The maximum atomic E-state index is 14.4. The predicted octanol–water partition coefficient (Wildman–Crippen LogP) is 15.7. The van der Waals surface area contributed by atoms with Crippen LogP contribution in [0.15, 0.2) is 93.2 Å². The highest BCUT2D eigenvalue weighted by atomic mass is 31.2. The van der Waals surface area contributed by atoms with Crippen molar-refractivity contribution in [1.82, 2.24) is 0 Å². The summed E-state index contributed by atoms with van der Waals surface area (Å²) in [4.78, 5) is -1.56. The molecule has 0 spiro atoms. The van der Waals surface area contributed by atoms with Gasteiger partial charge in [0.25, 0.3) is 0 Å². The third-order valence-corrected chi connectivity index (χ3v) is 16.0. The van der Waals surface area contributed by atoms with Crippen LogP contribution in [-0.2, 0) is 27.2 Å². The molecule has 0 saturated carbocycles. The van der Waals surface area contributed by atoms with Crippen LogP contribution in [-0.4, -0.2) is 33.3 Å². The van der Waals surface area contributed by atoms with Gasteiger partial charge in [-0.15, -0.1) is 0 Å². The van der Waals surface area contributed by atoms with Crippen molar-refractivity contribution in [2.24, 2.45) is 0 Å². The lowest BCUT2D eigenvalue weighted by atomic mass is 10.0. The molecule has 0 bridgehead atoms. The fraction of sp³-hybridized carbons (Fsp3) is 0.644. The first-order valence-corrected chi connectivity index (χ1v) is 22.7. The first-order valence-electron chi connectivity index (χ1n) is 19.6. The molecule has 0 aromatic carbocycles. The third-order valence-electron chi connectivity index (χ3n) is 9.84. The van der Waals surface area contributed by atoms with Gasteiger partial charge in [-0.05, 0) is 159 Å². The van der Waals surface area contributed by atoms with Gasteiger partial charge in [0.05, 0.1) is 0 Å². The van der Waals surface area contributed by atoms with Crippen LogP contribution >= 0.6 is 15.2 Å². The molecular weight excluding hydrogens is 698 g/mol. The van der Waals surface area contributed by atoms with Crippen LogP contribution in [0.2, 0.25) is 0 Å². The number of hydrogen-bond acceptors (Lipinski definition) is 6. The summed E-state index contributed by atoms with van der Waals surface area (Å²) in [5, 5.41) is 0. The molecule has 0 rings (SSSR count). The molecule has 304 valence electrons. The van der Waals surface area contributed by atoms with Crippen LogP contribution in [0.3, 0.4) is 0 Å². The van der Waals surface area contributed by atoms with E-state index in [9.17, 15) is 9.13 Å². The average Bonchev–Trinajstić information content (AvgIpc) is 3.10. The predicted molar refractivity (Wildman–Crippen MR) is 232 cm³/mol. The van der Waals surface area contributed by atoms with Crippen molar-refractivity contribution >= 4 is 15.2 Å². The second kappa shape index (κ2) is 27.7. The Bertz CT molecular complexity index is 1300. The number of rotatable bonds is 28. The monoisotopic (exact) mass is 777 g/mol. The largest absolute Gasteiger partial charge is 0.348 e. The maximum Gasteiger partial charge on any atom is 0.348 e. The lowest BCUT2D eigenvalue weighted by Crippen LogP contribution is -2.31. The van der Waals surface area contributed by atoms with Gasteiger partial charge < -0.3 is 18.1 Å². The van der Waals surface area contributed by atoms with Crippen molar-refractivity contribution in [2.45, 2.75) is 164 Å². The van der Waals surface area contributed by atoms with Gasteiger partial charge in [0.1, 0.15) is 0 Å². The highest BCUT2D eigenvalue weighted by Crippen LogP contribution is 2.79. The van der Waals surface area contributed by atoms with Gasteiger partial charge in [-0.3, -0.25) is 9.13 Å². The molecular formula is C45H78O6P2. The molecule has 53 heavy (non-hydrogen) atoms. The van der Waals surface area contributed by atoms with Gasteiger partial charge in [-0.2, -0.15) is 0 Å². The smallest absolute Gasteiger partial charge is 0.311 e. The zero-order valence-electron chi connectivity index (χ0n) is 36.4. The number of allylic oxidation sites excluding steroid dienone is 16. The van der Waals surface area contributed by atoms with Crippen LogP contribution < -0.4 is 0 Å². The fourth-order valence-electron chi connectivity index (χ4n) is 6.16. The van der Waals surface area contributed by atoms with E-state index in [4.69, 9.17) is 18.1 Å². The molecule has 0 aliphatic carbocycles. The Morgan fingerprint density at radius 2 is 0.585 bits per heavy atom. The first kappa shape index (κ1) is 51.2. The van der Waals surface area contributed by atoms with E-state index in [0.29, 0.717) is 0 Å². The summed E-state index contributed by atoms with van der Waals surface area (Å²) >= 11 is 0. The second-order valence-corrected chi connectivity index (χ2v) is 20.7. The summed E-state index contributed by atoms with van der Waals surface area (Å²) in [6.07, 6.45) is 30.2. The molecule has 0 saturated heterocycles.